The smallest absolute Gasteiger partial charge is 0.340 e. The van der Waals surface area contributed by atoms with Crippen molar-refractivity contribution in [3.8, 4) is 0 Å². The molecular formula is C18H16ClN3O4. The number of amides is 2. The van der Waals surface area contributed by atoms with Gasteiger partial charge in [0.2, 0.25) is 5.91 Å². The van der Waals surface area contributed by atoms with Crippen LogP contribution in [0.1, 0.15) is 23.2 Å². The summed E-state index contributed by atoms with van der Waals surface area (Å²) in [7, 11) is 0. The van der Waals surface area contributed by atoms with Crippen molar-refractivity contribution in [2.24, 2.45) is 0 Å². The standard InChI is InChI=1S/C18H16ClN3O4/c19-17-13(6-3-9-20-17)21-15(23)11-26-18(25)12-5-1-2-7-14(12)22-10-4-8-16(22)24/h1-3,5-7,9H,4,8,10-11H2,(H,21,23). The first kappa shape index (κ1) is 17.9. The molecule has 1 fully saturated rings. The maximum atomic E-state index is 12.4. The molecule has 0 spiro atoms. The van der Waals surface area contributed by atoms with Gasteiger partial charge in [0.25, 0.3) is 5.91 Å². The number of carbonyl (C=O) groups excluding carboxylic acids is 3. The lowest BCUT2D eigenvalue weighted by Crippen LogP contribution is -2.27. The molecule has 1 aliphatic heterocycles. The van der Waals surface area contributed by atoms with Crippen LogP contribution in [-0.2, 0) is 14.3 Å². The van der Waals surface area contributed by atoms with Gasteiger partial charge in [0, 0.05) is 19.2 Å². The van der Waals surface area contributed by atoms with Gasteiger partial charge in [-0.25, -0.2) is 9.78 Å². The minimum Gasteiger partial charge on any atom is -0.452 e. The molecule has 1 aromatic carbocycles. The molecule has 2 heterocycles. The predicted octanol–water partition coefficient (Wildman–Crippen LogP) is 2.66. The molecule has 8 heteroatoms. The number of carbonyl (C=O) groups is 3. The topological polar surface area (TPSA) is 88.6 Å². The van der Waals surface area contributed by atoms with E-state index < -0.39 is 18.5 Å². The molecule has 1 aromatic heterocycles. The maximum Gasteiger partial charge on any atom is 0.340 e. The fourth-order valence-electron chi connectivity index (χ4n) is 2.66. The van der Waals surface area contributed by atoms with Crippen LogP contribution in [0.5, 0.6) is 0 Å². The zero-order valence-corrected chi connectivity index (χ0v) is 14.5. The zero-order valence-electron chi connectivity index (χ0n) is 13.8. The first-order valence-corrected chi connectivity index (χ1v) is 8.41. The van der Waals surface area contributed by atoms with Gasteiger partial charge in [-0.2, -0.15) is 0 Å². The highest BCUT2D eigenvalue weighted by Crippen LogP contribution is 2.26. The molecule has 0 unspecified atom stereocenters. The summed E-state index contributed by atoms with van der Waals surface area (Å²) < 4.78 is 5.08. The Balaban J connectivity index is 1.65. The minimum absolute atomic E-state index is 0.0331. The molecule has 0 aliphatic carbocycles. The van der Waals surface area contributed by atoms with Crippen LogP contribution in [-0.4, -0.2) is 35.9 Å². The first-order valence-electron chi connectivity index (χ1n) is 8.03. The summed E-state index contributed by atoms with van der Waals surface area (Å²) in [6.45, 7) is 0.0788. The molecule has 0 radical (unpaired) electrons. The molecule has 2 amide bonds. The summed E-state index contributed by atoms with van der Waals surface area (Å²) >= 11 is 5.86. The molecular weight excluding hydrogens is 358 g/mol. The van der Waals surface area contributed by atoms with Crippen LogP contribution in [0.15, 0.2) is 42.6 Å². The van der Waals surface area contributed by atoms with Gasteiger partial charge in [0.1, 0.15) is 0 Å². The Hall–Kier alpha value is -2.93. The number of para-hydroxylation sites is 1. The van der Waals surface area contributed by atoms with Crippen LogP contribution < -0.4 is 10.2 Å². The Labute approximate surface area is 154 Å². The summed E-state index contributed by atoms with van der Waals surface area (Å²) in [5.74, 6) is -1.25. The van der Waals surface area contributed by atoms with Crippen molar-refractivity contribution in [1.82, 2.24) is 4.98 Å². The van der Waals surface area contributed by atoms with E-state index in [0.29, 0.717) is 24.3 Å². The van der Waals surface area contributed by atoms with E-state index in [4.69, 9.17) is 16.3 Å². The van der Waals surface area contributed by atoms with Gasteiger partial charge in [0.15, 0.2) is 11.8 Å². The number of nitrogens with one attached hydrogen (secondary N) is 1. The van der Waals surface area contributed by atoms with Crippen molar-refractivity contribution in [3.63, 3.8) is 0 Å². The molecule has 26 heavy (non-hydrogen) atoms. The molecule has 0 bridgehead atoms. The van der Waals surface area contributed by atoms with Gasteiger partial charge < -0.3 is 15.0 Å². The van der Waals surface area contributed by atoms with E-state index in [0.717, 1.165) is 6.42 Å². The van der Waals surface area contributed by atoms with Crippen LogP contribution in [0, 0.1) is 0 Å². The Morgan fingerprint density at radius 2 is 2.04 bits per heavy atom. The van der Waals surface area contributed by atoms with Gasteiger partial charge in [-0.1, -0.05) is 23.7 Å². The van der Waals surface area contributed by atoms with Gasteiger partial charge in [-0.15, -0.1) is 0 Å². The van der Waals surface area contributed by atoms with Crippen molar-refractivity contribution in [3.05, 3.63) is 53.3 Å². The van der Waals surface area contributed by atoms with Crippen LogP contribution in [0.2, 0.25) is 5.15 Å². The number of ether oxygens (including phenoxy) is 1. The average molecular weight is 374 g/mol. The second-order valence-corrected chi connectivity index (χ2v) is 5.99. The molecule has 134 valence electrons. The number of anilines is 2. The van der Waals surface area contributed by atoms with Crippen LogP contribution in [0.25, 0.3) is 0 Å². The second kappa shape index (κ2) is 7.97. The highest BCUT2D eigenvalue weighted by molar-refractivity contribution is 6.32. The fraction of sp³-hybridized carbons (Fsp3) is 0.222. The SMILES string of the molecule is O=C(COC(=O)c1ccccc1N1CCCC1=O)Nc1cccnc1Cl. The number of rotatable bonds is 5. The van der Waals surface area contributed by atoms with Crippen LogP contribution in [0.4, 0.5) is 11.4 Å². The largest absolute Gasteiger partial charge is 0.452 e. The highest BCUT2D eigenvalue weighted by Gasteiger charge is 2.26. The van der Waals surface area contributed by atoms with Crippen LogP contribution >= 0.6 is 11.6 Å². The molecule has 1 aliphatic rings. The number of esters is 1. The second-order valence-electron chi connectivity index (χ2n) is 5.63. The first-order chi connectivity index (χ1) is 12.6. The van der Waals surface area contributed by atoms with Gasteiger partial charge in [-0.3, -0.25) is 9.59 Å². The monoisotopic (exact) mass is 373 g/mol. The third-order valence-corrected chi connectivity index (χ3v) is 4.16. The van der Waals surface area contributed by atoms with Crippen molar-refractivity contribution in [2.75, 3.05) is 23.4 Å². The summed E-state index contributed by atoms with van der Waals surface area (Å²) in [4.78, 5) is 41.7. The lowest BCUT2D eigenvalue weighted by atomic mass is 10.1. The van der Waals surface area contributed by atoms with Crippen LogP contribution in [0.3, 0.4) is 0 Å². The summed E-state index contributed by atoms with van der Waals surface area (Å²) in [5, 5.41) is 2.66. The van der Waals surface area contributed by atoms with Crippen molar-refractivity contribution in [2.45, 2.75) is 12.8 Å². The summed E-state index contributed by atoms with van der Waals surface area (Å²) in [5.41, 5.74) is 1.07. The van der Waals surface area contributed by atoms with E-state index in [1.807, 2.05) is 0 Å². The minimum atomic E-state index is -0.673. The van der Waals surface area contributed by atoms with E-state index >= 15 is 0 Å². The Kier molecular flexibility index (Phi) is 5.48. The number of nitrogens with zero attached hydrogens (tertiary/aromatic N) is 2. The lowest BCUT2D eigenvalue weighted by molar-refractivity contribution is -0.119. The quantitative estimate of drug-likeness (QED) is 0.643. The molecule has 0 saturated carbocycles. The molecule has 3 rings (SSSR count). The number of halogens is 1. The van der Waals surface area contributed by atoms with E-state index in [9.17, 15) is 14.4 Å². The average Bonchev–Trinajstić information content (AvgIpc) is 3.07. The van der Waals surface area contributed by atoms with E-state index in [-0.39, 0.29) is 16.6 Å². The predicted molar refractivity (Wildman–Crippen MR) is 96.2 cm³/mol. The zero-order chi connectivity index (χ0) is 18.5. The highest BCUT2D eigenvalue weighted by atomic mass is 35.5. The molecule has 0 atom stereocenters. The maximum absolute atomic E-state index is 12.4. The lowest BCUT2D eigenvalue weighted by Gasteiger charge is -2.18. The van der Waals surface area contributed by atoms with E-state index in [1.54, 1.807) is 41.3 Å². The van der Waals surface area contributed by atoms with Crippen molar-refractivity contribution in [1.29, 1.82) is 0 Å². The Bertz CT molecular complexity index is 856. The molecule has 7 nitrogen and oxygen atoms in total. The van der Waals surface area contributed by atoms with E-state index in [2.05, 4.69) is 10.3 Å². The Morgan fingerprint density at radius 1 is 1.23 bits per heavy atom. The van der Waals surface area contributed by atoms with Gasteiger partial charge in [0.05, 0.1) is 16.9 Å². The fourth-order valence-corrected chi connectivity index (χ4v) is 2.83. The Morgan fingerprint density at radius 3 is 2.77 bits per heavy atom. The van der Waals surface area contributed by atoms with E-state index in [1.165, 1.54) is 6.20 Å². The molecule has 1 saturated heterocycles. The van der Waals surface area contributed by atoms with Crippen molar-refractivity contribution < 1.29 is 19.1 Å². The normalized spacial score (nSPS) is 13.6. The number of hydrogen-bond acceptors (Lipinski definition) is 5. The third-order valence-electron chi connectivity index (χ3n) is 3.86. The molecule has 2 aromatic rings. The summed E-state index contributed by atoms with van der Waals surface area (Å²) in [6.07, 6.45) is 2.70. The number of pyridine rings is 1. The number of benzene rings is 1. The van der Waals surface area contributed by atoms with Crippen molar-refractivity contribution >= 4 is 40.8 Å². The number of aromatic nitrogens is 1. The molecule has 1 N–H and O–H groups in total. The third kappa shape index (κ3) is 4.00. The van der Waals surface area contributed by atoms with Gasteiger partial charge in [-0.05, 0) is 30.7 Å². The summed E-state index contributed by atoms with van der Waals surface area (Å²) in [6, 6.07) is 9.89. The number of hydrogen-bond donors (Lipinski definition) is 1. The van der Waals surface area contributed by atoms with Gasteiger partial charge >= 0.3 is 5.97 Å².